The fraction of sp³-hybridized carbons (Fsp3) is 0.105. The monoisotopic (exact) mass is 379 g/mol. The molecule has 1 N–H and O–H groups in total. The number of nitrogens with zero attached hydrogens (tertiary/aromatic N) is 4. The Hall–Kier alpha value is -3.88. The molecule has 2 aromatic carbocycles. The molecule has 2 heterocycles. The number of anilines is 1. The number of nitrogens with one attached hydrogen (secondary N) is 1. The molecule has 0 bridgehead atoms. The smallest absolute Gasteiger partial charge is 0.355 e. The predicted molar refractivity (Wildman–Crippen MR) is 95.8 cm³/mol. The third-order valence-electron chi connectivity index (χ3n) is 4.35. The van der Waals surface area contributed by atoms with Gasteiger partial charge in [-0.2, -0.15) is 4.68 Å². The summed E-state index contributed by atoms with van der Waals surface area (Å²) in [6, 6.07) is 13.2. The lowest BCUT2D eigenvalue weighted by molar-refractivity contribution is -0.136. The molecule has 1 atom stereocenters. The number of hydrogen-bond acceptors (Lipinski definition) is 7. The van der Waals surface area contributed by atoms with Crippen molar-refractivity contribution in [2.45, 2.75) is 6.04 Å². The van der Waals surface area contributed by atoms with Gasteiger partial charge < -0.3 is 10.1 Å². The highest BCUT2D eigenvalue weighted by Gasteiger charge is 2.38. The van der Waals surface area contributed by atoms with Crippen LogP contribution in [0.2, 0.25) is 0 Å². The maximum absolute atomic E-state index is 13.9. The Balaban J connectivity index is 1.97. The number of methoxy groups -OCH3 is 1. The van der Waals surface area contributed by atoms with E-state index in [4.69, 9.17) is 4.74 Å². The molecule has 9 heteroatoms. The minimum atomic E-state index is -0.913. The zero-order valence-corrected chi connectivity index (χ0v) is 14.7. The number of halogens is 1. The highest BCUT2D eigenvalue weighted by Crippen LogP contribution is 2.36. The molecule has 0 saturated heterocycles. The van der Waals surface area contributed by atoms with Crippen LogP contribution in [0, 0.1) is 5.82 Å². The predicted octanol–water partition coefficient (Wildman–Crippen LogP) is 2.14. The van der Waals surface area contributed by atoms with Crippen LogP contribution >= 0.6 is 0 Å². The molecular weight excluding hydrogens is 365 g/mol. The van der Waals surface area contributed by atoms with Crippen LogP contribution in [0.3, 0.4) is 0 Å². The van der Waals surface area contributed by atoms with Gasteiger partial charge in [-0.25, -0.2) is 9.18 Å². The van der Waals surface area contributed by atoms with Crippen molar-refractivity contribution in [3.63, 3.8) is 0 Å². The summed E-state index contributed by atoms with van der Waals surface area (Å²) >= 11 is 0. The number of carbonyl (C=O) groups excluding carboxylic acids is 2. The average molecular weight is 379 g/mol. The second kappa shape index (κ2) is 7.03. The van der Waals surface area contributed by atoms with Crippen LogP contribution in [0.25, 0.3) is 0 Å². The largest absolute Gasteiger partial charge is 0.464 e. The van der Waals surface area contributed by atoms with Crippen LogP contribution in [0.4, 0.5) is 10.3 Å². The van der Waals surface area contributed by atoms with Gasteiger partial charge >= 0.3 is 5.97 Å². The number of esters is 1. The molecule has 0 saturated carbocycles. The van der Waals surface area contributed by atoms with Gasteiger partial charge in [-0.15, -0.1) is 0 Å². The summed E-state index contributed by atoms with van der Waals surface area (Å²) in [7, 11) is 1.20. The molecule has 0 fully saturated rings. The lowest BCUT2D eigenvalue weighted by Gasteiger charge is -2.28. The Morgan fingerprint density at radius 2 is 1.93 bits per heavy atom. The van der Waals surface area contributed by atoms with Gasteiger partial charge in [0.1, 0.15) is 17.6 Å². The molecule has 0 spiro atoms. The van der Waals surface area contributed by atoms with Gasteiger partial charge in [0.25, 0.3) is 0 Å². The van der Waals surface area contributed by atoms with E-state index in [0.29, 0.717) is 11.1 Å². The number of aromatic nitrogens is 4. The van der Waals surface area contributed by atoms with Crippen molar-refractivity contribution in [2.75, 3.05) is 12.4 Å². The maximum atomic E-state index is 13.9. The fourth-order valence-electron chi connectivity index (χ4n) is 3.12. The molecule has 1 aromatic heterocycles. The summed E-state index contributed by atoms with van der Waals surface area (Å²) in [5.41, 5.74) is 0.741. The SMILES string of the molecule is COC(=O)C1=C(C(=O)c2ccccc2)C(c2cccc(F)c2)n2nnnc2N1. The first-order valence-electron chi connectivity index (χ1n) is 8.32. The first-order valence-corrected chi connectivity index (χ1v) is 8.32. The van der Waals surface area contributed by atoms with E-state index in [9.17, 15) is 14.0 Å². The summed E-state index contributed by atoms with van der Waals surface area (Å²) in [6.07, 6.45) is 0. The third-order valence-corrected chi connectivity index (χ3v) is 4.35. The zero-order valence-electron chi connectivity index (χ0n) is 14.7. The number of hydrogen-bond donors (Lipinski definition) is 1. The normalized spacial score (nSPS) is 15.6. The number of fused-ring (bicyclic) bond motifs is 1. The van der Waals surface area contributed by atoms with E-state index >= 15 is 0 Å². The molecule has 0 aliphatic carbocycles. The van der Waals surface area contributed by atoms with Gasteiger partial charge in [-0.05, 0) is 28.1 Å². The Labute approximate surface area is 158 Å². The number of ketones is 1. The minimum Gasteiger partial charge on any atom is -0.464 e. The number of allylic oxidation sites excluding steroid dienone is 1. The van der Waals surface area contributed by atoms with Crippen molar-refractivity contribution in [1.82, 2.24) is 20.2 Å². The van der Waals surface area contributed by atoms with Crippen molar-refractivity contribution < 1.29 is 18.7 Å². The molecule has 1 unspecified atom stereocenters. The molecule has 1 aliphatic rings. The lowest BCUT2D eigenvalue weighted by atomic mass is 9.89. The number of tetrazole rings is 1. The topological polar surface area (TPSA) is 99.0 Å². The molecule has 8 nitrogen and oxygen atoms in total. The summed E-state index contributed by atoms with van der Waals surface area (Å²) in [6.45, 7) is 0. The van der Waals surface area contributed by atoms with Crippen molar-refractivity contribution in [2.24, 2.45) is 0 Å². The van der Waals surface area contributed by atoms with E-state index in [1.54, 1.807) is 36.4 Å². The number of ether oxygens (including phenoxy) is 1. The Morgan fingerprint density at radius 3 is 2.64 bits per heavy atom. The third kappa shape index (κ3) is 2.92. The number of rotatable bonds is 4. The van der Waals surface area contributed by atoms with Crippen molar-refractivity contribution >= 4 is 17.7 Å². The number of Topliss-reactive ketones (excluding diaryl/α,β-unsaturated/α-hetero) is 1. The van der Waals surface area contributed by atoms with E-state index < -0.39 is 23.6 Å². The van der Waals surface area contributed by atoms with Gasteiger partial charge in [0.15, 0.2) is 5.78 Å². The molecule has 3 aromatic rings. The van der Waals surface area contributed by atoms with Gasteiger partial charge in [0.2, 0.25) is 5.95 Å². The molecule has 0 radical (unpaired) electrons. The van der Waals surface area contributed by atoms with Crippen molar-refractivity contribution in [3.8, 4) is 0 Å². The molecule has 4 rings (SSSR count). The standard InChI is InChI=1S/C19H14FN5O3/c1-28-18(27)15-14(17(26)11-6-3-2-4-7-11)16(12-8-5-9-13(20)10-12)25-19(21-15)22-23-24-25/h2-10,16H,1H3,(H,21,22,24). The van der Waals surface area contributed by atoms with E-state index in [1.807, 2.05) is 0 Å². The first kappa shape index (κ1) is 17.5. The lowest BCUT2D eigenvalue weighted by Crippen LogP contribution is -2.33. The van der Waals surface area contributed by atoms with Crippen LogP contribution in [-0.2, 0) is 9.53 Å². The summed E-state index contributed by atoms with van der Waals surface area (Å²) in [5.74, 6) is -1.53. The Kier molecular flexibility index (Phi) is 4.40. The molecular formula is C19H14FN5O3. The van der Waals surface area contributed by atoms with E-state index in [-0.39, 0.29) is 17.2 Å². The van der Waals surface area contributed by atoms with Crippen LogP contribution in [-0.4, -0.2) is 39.1 Å². The van der Waals surface area contributed by atoms with E-state index in [1.165, 1.54) is 30.0 Å². The molecule has 28 heavy (non-hydrogen) atoms. The van der Waals surface area contributed by atoms with Crippen molar-refractivity contribution in [1.29, 1.82) is 0 Å². The number of benzene rings is 2. The summed E-state index contributed by atoms with van der Waals surface area (Å²) in [5, 5.41) is 14.1. The zero-order chi connectivity index (χ0) is 19.7. The van der Waals surface area contributed by atoms with E-state index in [0.717, 1.165) is 0 Å². The van der Waals surface area contributed by atoms with Crippen LogP contribution in [0.5, 0.6) is 0 Å². The summed E-state index contributed by atoms with van der Waals surface area (Å²) in [4.78, 5) is 25.8. The fourth-order valence-corrected chi connectivity index (χ4v) is 3.12. The maximum Gasteiger partial charge on any atom is 0.355 e. The Bertz CT molecular complexity index is 1090. The second-order valence-electron chi connectivity index (χ2n) is 6.01. The molecule has 140 valence electrons. The van der Waals surface area contributed by atoms with Crippen LogP contribution < -0.4 is 5.32 Å². The van der Waals surface area contributed by atoms with Crippen LogP contribution in [0.15, 0.2) is 65.9 Å². The quantitative estimate of drug-likeness (QED) is 0.548. The number of carbonyl (C=O) groups is 2. The van der Waals surface area contributed by atoms with E-state index in [2.05, 4.69) is 20.8 Å². The van der Waals surface area contributed by atoms with Crippen LogP contribution in [0.1, 0.15) is 22.0 Å². The first-order chi connectivity index (χ1) is 13.6. The van der Waals surface area contributed by atoms with Gasteiger partial charge in [-0.1, -0.05) is 47.6 Å². The minimum absolute atomic E-state index is 0.0588. The molecule has 0 amide bonds. The highest BCUT2D eigenvalue weighted by atomic mass is 19.1. The second-order valence-corrected chi connectivity index (χ2v) is 6.01. The summed E-state index contributed by atoms with van der Waals surface area (Å²) < 4.78 is 20.1. The molecule has 1 aliphatic heterocycles. The Morgan fingerprint density at radius 1 is 1.14 bits per heavy atom. The van der Waals surface area contributed by atoms with Gasteiger partial charge in [-0.3, -0.25) is 4.79 Å². The van der Waals surface area contributed by atoms with Gasteiger partial charge in [0, 0.05) is 5.56 Å². The average Bonchev–Trinajstić information content (AvgIpc) is 3.20. The van der Waals surface area contributed by atoms with Gasteiger partial charge in [0.05, 0.1) is 12.7 Å². The van der Waals surface area contributed by atoms with Crippen molar-refractivity contribution in [3.05, 3.63) is 82.8 Å². The highest BCUT2D eigenvalue weighted by molar-refractivity contribution is 6.14.